The van der Waals surface area contributed by atoms with Crippen LogP contribution in [-0.4, -0.2) is 4.98 Å². The zero-order chi connectivity index (χ0) is 12.5. The lowest BCUT2D eigenvalue weighted by Crippen LogP contribution is -2.12. The SMILES string of the molecule is Cc1cscc1C(N)c1cnc2ccccc2c1. The fourth-order valence-corrected chi connectivity index (χ4v) is 3.01. The fraction of sp³-hybridized carbons (Fsp3) is 0.133. The first kappa shape index (κ1) is 11.4. The van der Waals surface area contributed by atoms with Gasteiger partial charge in [-0.3, -0.25) is 4.98 Å². The number of fused-ring (bicyclic) bond motifs is 1. The summed E-state index contributed by atoms with van der Waals surface area (Å²) in [6.45, 7) is 2.10. The van der Waals surface area contributed by atoms with Crippen molar-refractivity contribution in [3.63, 3.8) is 0 Å². The average molecular weight is 254 g/mol. The van der Waals surface area contributed by atoms with Gasteiger partial charge in [-0.1, -0.05) is 18.2 Å². The molecule has 0 saturated carbocycles. The molecule has 0 fully saturated rings. The lowest BCUT2D eigenvalue weighted by atomic mass is 10.00. The molecule has 0 saturated heterocycles. The smallest absolute Gasteiger partial charge is 0.0702 e. The number of nitrogens with two attached hydrogens (primary N) is 1. The van der Waals surface area contributed by atoms with Gasteiger partial charge in [-0.2, -0.15) is 11.3 Å². The van der Waals surface area contributed by atoms with Crippen molar-refractivity contribution in [2.75, 3.05) is 0 Å². The molecule has 0 radical (unpaired) electrons. The van der Waals surface area contributed by atoms with Crippen molar-refractivity contribution < 1.29 is 0 Å². The van der Waals surface area contributed by atoms with E-state index in [2.05, 4.69) is 34.8 Å². The van der Waals surface area contributed by atoms with E-state index in [1.807, 2.05) is 24.4 Å². The maximum absolute atomic E-state index is 6.32. The lowest BCUT2D eigenvalue weighted by Gasteiger charge is -2.12. The highest BCUT2D eigenvalue weighted by Gasteiger charge is 2.12. The number of nitrogens with zero attached hydrogens (tertiary/aromatic N) is 1. The van der Waals surface area contributed by atoms with E-state index in [1.54, 1.807) is 11.3 Å². The van der Waals surface area contributed by atoms with Crippen LogP contribution in [0.1, 0.15) is 22.7 Å². The minimum absolute atomic E-state index is 0.0895. The maximum atomic E-state index is 6.32. The number of pyridine rings is 1. The number of aromatic nitrogens is 1. The van der Waals surface area contributed by atoms with Crippen molar-refractivity contribution in [2.24, 2.45) is 5.73 Å². The summed E-state index contributed by atoms with van der Waals surface area (Å²) in [6.07, 6.45) is 1.88. The van der Waals surface area contributed by atoms with E-state index >= 15 is 0 Å². The minimum atomic E-state index is -0.0895. The Kier molecular flexibility index (Phi) is 2.86. The second-order valence-corrected chi connectivity index (χ2v) is 5.19. The molecule has 0 amide bonds. The van der Waals surface area contributed by atoms with E-state index < -0.39 is 0 Å². The van der Waals surface area contributed by atoms with E-state index in [1.165, 1.54) is 11.1 Å². The predicted molar refractivity (Wildman–Crippen MR) is 76.8 cm³/mol. The quantitative estimate of drug-likeness (QED) is 0.758. The Labute approximate surface area is 110 Å². The summed E-state index contributed by atoms with van der Waals surface area (Å²) in [7, 11) is 0. The minimum Gasteiger partial charge on any atom is -0.320 e. The van der Waals surface area contributed by atoms with Crippen molar-refractivity contribution in [3.8, 4) is 0 Å². The highest BCUT2D eigenvalue weighted by molar-refractivity contribution is 7.08. The Bertz CT molecular complexity index is 688. The number of benzene rings is 1. The summed E-state index contributed by atoms with van der Waals surface area (Å²) in [5.74, 6) is 0. The number of para-hydroxylation sites is 1. The van der Waals surface area contributed by atoms with Gasteiger partial charge in [0.25, 0.3) is 0 Å². The molecule has 1 atom stereocenters. The van der Waals surface area contributed by atoms with Crippen LogP contribution in [0.15, 0.2) is 47.3 Å². The molecule has 3 rings (SSSR count). The highest BCUT2D eigenvalue weighted by Crippen LogP contribution is 2.26. The van der Waals surface area contributed by atoms with Crippen LogP contribution < -0.4 is 5.73 Å². The van der Waals surface area contributed by atoms with Gasteiger partial charge in [0, 0.05) is 11.6 Å². The van der Waals surface area contributed by atoms with Crippen molar-refractivity contribution in [3.05, 3.63) is 64.0 Å². The Balaban J connectivity index is 2.07. The van der Waals surface area contributed by atoms with E-state index in [9.17, 15) is 0 Å². The maximum Gasteiger partial charge on any atom is 0.0702 e. The van der Waals surface area contributed by atoms with Gasteiger partial charge in [0.15, 0.2) is 0 Å². The van der Waals surface area contributed by atoms with Crippen LogP contribution in [0.5, 0.6) is 0 Å². The standard InChI is InChI=1S/C15H14N2S/c1-10-8-18-9-13(10)15(16)12-6-11-4-2-3-5-14(11)17-7-12/h2-9,15H,16H2,1H3. The normalized spacial score (nSPS) is 12.8. The lowest BCUT2D eigenvalue weighted by molar-refractivity contribution is 0.863. The van der Waals surface area contributed by atoms with Crippen LogP contribution in [0, 0.1) is 6.92 Å². The monoisotopic (exact) mass is 254 g/mol. The number of hydrogen-bond acceptors (Lipinski definition) is 3. The van der Waals surface area contributed by atoms with Gasteiger partial charge in [0.1, 0.15) is 0 Å². The third kappa shape index (κ3) is 1.92. The summed E-state index contributed by atoms with van der Waals surface area (Å²) in [5.41, 5.74) is 10.8. The summed E-state index contributed by atoms with van der Waals surface area (Å²) < 4.78 is 0. The van der Waals surface area contributed by atoms with E-state index in [-0.39, 0.29) is 6.04 Å². The zero-order valence-corrected chi connectivity index (χ0v) is 10.9. The first-order valence-electron chi connectivity index (χ1n) is 5.88. The molecule has 90 valence electrons. The Morgan fingerprint density at radius 2 is 2.06 bits per heavy atom. The molecule has 1 aromatic carbocycles. The van der Waals surface area contributed by atoms with Gasteiger partial charge in [-0.25, -0.2) is 0 Å². The molecule has 0 aliphatic carbocycles. The molecule has 0 aliphatic heterocycles. The van der Waals surface area contributed by atoms with E-state index in [0.717, 1.165) is 16.5 Å². The number of rotatable bonds is 2. The number of hydrogen-bond donors (Lipinski definition) is 1. The topological polar surface area (TPSA) is 38.9 Å². The second-order valence-electron chi connectivity index (χ2n) is 4.45. The molecule has 3 heteroatoms. The number of aryl methyl sites for hydroxylation is 1. The van der Waals surface area contributed by atoms with Crippen LogP contribution in [0.4, 0.5) is 0 Å². The molecule has 0 bridgehead atoms. The van der Waals surface area contributed by atoms with Crippen LogP contribution in [-0.2, 0) is 0 Å². The molecule has 2 N–H and O–H groups in total. The molecule has 0 aliphatic rings. The van der Waals surface area contributed by atoms with Crippen molar-refractivity contribution in [1.82, 2.24) is 4.98 Å². The van der Waals surface area contributed by atoms with E-state index in [0.29, 0.717) is 0 Å². The van der Waals surface area contributed by atoms with Gasteiger partial charge in [0.2, 0.25) is 0 Å². The van der Waals surface area contributed by atoms with Crippen LogP contribution >= 0.6 is 11.3 Å². The van der Waals surface area contributed by atoms with Crippen molar-refractivity contribution in [1.29, 1.82) is 0 Å². The molecule has 2 heterocycles. The van der Waals surface area contributed by atoms with Crippen LogP contribution in [0.25, 0.3) is 10.9 Å². The van der Waals surface area contributed by atoms with Gasteiger partial charge in [-0.15, -0.1) is 0 Å². The molecule has 3 aromatic rings. The molecular weight excluding hydrogens is 240 g/mol. The van der Waals surface area contributed by atoms with Gasteiger partial charge in [-0.05, 0) is 46.5 Å². The molecule has 1 unspecified atom stereocenters. The first-order valence-corrected chi connectivity index (χ1v) is 6.83. The molecule has 0 spiro atoms. The van der Waals surface area contributed by atoms with E-state index in [4.69, 9.17) is 5.73 Å². The van der Waals surface area contributed by atoms with Gasteiger partial charge >= 0.3 is 0 Å². The van der Waals surface area contributed by atoms with Gasteiger partial charge in [0.05, 0.1) is 11.6 Å². The third-order valence-electron chi connectivity index (χ3n) is 3.20. The predicted octanol–water partition coefficient (Wildman–Crippen LogP) is 3.65. The van der Waals surface area contributed by atoms with Crippen LogP contribution in [0.2, 0.25) is 0 Å². The molecule has 2 nitrogen and oxygen atoms in total. The molecular formula is C15H14N2S. The summed E-state index contributed by atoms with van der Waals surface area (Å²) in [4.78, 5) is 4.47. The summed E-state index contributed by atoms with van der Waals surface area (Å²) >= 11 is 1.69. The first-order chi connectivity index (χ1) is 8.75. The average Bonchev–Trinajstić information content (AvgIpc) is 2.83. The second kappa shape index (κ2) is 4.52. The highest BCUT2D eigenvalue weighted by atomic mass is 32.1. The molecule has 2 aromatic heterocycles. The number of thiophene rings is 1. The largest absolute Gasteiger partial charge is 0.320 e. The summed E-state index contributed by atoms with van der Waals surface area (Å²) in [6, 6.07) is 10.1. The Hall–Kier alpha value is -1.71. The third-order valence-corrected chi connectivity index (χ3v) is 4.08. The Morgan fingerprint density at radius 1 is 1.22 bits per heavy atom. The van der Waals surface area contributed by atoms with Gasteiger partial charge < -0.3 is 5.73 Å². The fourth-order valence-electron chi connectivity index (χ4n) is 2.13. The van der Waals surface area contributed by atoms with Crippen molar-refractivity contribution in [2.45, 2.75) is 13.0 Å². The van der Waals surface area contributed by atoms with Crippen LogP contribution in [0.3, 0.4) is 0 Å². The molecule has 18 heavy (non-hydrogen) atoms. The zero-order valence-electron chi connectivity index (χ0n) is 10.1. The van der Waals surface area contributed by atoms with Crippen molar-refractivity contribution >= 4 is 22.2 Å². The summed E-state index contributed by atoms with van der Waals surface area (Å²) in [5, 5.41) is 5.39. The Morgan fingerprint density at radius 3 is 2.83 bits per heavy atom.